The van der Waals surface area contributed by atoms with Crippen LogP contribution in [0.4, 0.5) is 0 Å². The predicted molar refractivity (Wildman–Crippen MR) is 51.0 cm³/mol. The van der Waals surface area contributed by atoms with Gasteiger partial charge in [-0.1, -0.05) is 27.2 Å². The molecule has 1 aromatic rings. The van der Waals surface area contributed by atoms with Gasteiger partial charge in [-0.3, -0.25) is 4.68 Å². The van der Waals surface area contributed by atoms with E-state index in [4.69, 9.17) is 0 Å². The van der Waals surface area contributed by atoms with Crippen molar-refractivity contribution in [1.29, 1.82) is 0 Å². The Morgan fingerprint density at radius 1 is 1.50 bits per heavy atom. The molecule has 0 aliphatic rings. The molecule has 0 bridgehead atoms. The van der Waals surface area contributed by atoms with E-state index in [9.17, 15) is 0 Å². The largest absolute Gasteiger partial charge is 0.276 e. The fourth-order valence-electron chi connectivity index (χ4n) is 1.24. The van der Waals surface area contributed by atoms with E-state index in [1.54, 1.807) is 0 Å². The van der Waals surface area contributed by atoms with Crippen molar-refractivity contribution >= 4 is 0 Å². The average molecular weight is 166 g/mol. The van der Waals surface area contributed by atoms with Crippen LogP contribution in [-0.2, 0) is 13.5 Å². The van der Waals surface area contributed by atoms with Gasteiger partial charge in [-0.05, 0) is 17.4 Å². The smallest absolute Gasteiger partial charge is 0.0521 e. The highest BCUT2D eigenvalue weighted by atomic mass is 15.2. The van der Waals surface area contributed by atoms with Crippen LogP contribution in [0.15, 0.2) is 12.4 Å². The van der Waals surface area contributed by atoms with Gasteiger partial charge in [-0.25, -0.2) is 0 Å². The average Bonchev–Trinajstić information content (AvgIpc) is 2.35. The minimum atomic E-state index is 0.406. The van der Waals surface area contributed by atoms with Gasteiger partial charge in [0.05, 0.1) is 6.20 Å². The van der Waals surface area contributed by atoms with Crippen LogP contribution in [0.25, 0.3) is 0 Å². The maximum atomic E-state index is 4.15. The molecule has 0 radical (unpaired) electrons. The molecule has 2 nitrogen and oxygen atoms in total. The number of aromatic nitrogens is 2. The highest BCUT2D eigenvalue weighted by molar-refractivity contribution is 5.06. The fourth-order valence-corrected chi connectivity index (χ4v) is 1.24. The van der Waals surface area contributed by atoms with Gasteiger partial charge < -0.3 is 0 Å². The fraction of sp³-hybridized carbons (Fsp3) is 0.700. The second-order valence-corrected chi connectivity index (χ2v) is 4.22. The minimum absolute atomic E-state index is 0.406. The van der Waals surface area contributed by atoms with Crippen molar-refractivity contribution in [3.63, 3.8) is 0 Å². The molecule has 0 fully saturated rings. The van der Waals surface area contributed by atoms with Crippen LogP contribution in [0.2, 0.25) is 0 Å². The van der Waals surface area contributed by atoms with Gasteiger partial charge in [-0.15, -0.1) is 0 Å². The van der Waals surface area contributed by atoms with Crippen LogP contribution in [0.5, 0.6) is 0 Å². The van der Waals surface area contributed by atoms with Gasteiger partial charge in [0.1, 0.15) is 0 Å². The van der Waals surface area contributed by atoms with Crippen LogP contribution in [0.1, 0.15) is 32.8 Å². The van der Waals surface area contributed by atoms with Gasteiger partial charge in [-0.2, -0.15) is 5.10 Å². The molecule has 1 rings (SSSR count). The topological polar surface area (TPSA) is 17.8 Å². The third kappa shape index (κ3) is 2.36. The number of hydrogen-bond acceptors (Lipinski definition) is 1. The molecule has 12 heavy (non-hydrogen) atoms. The highest BCUT2D eigenvalue weighted by Gasteiger charge is 2.16. The maximum Gasteiger partial charge on any atom is 0.0521 e. The molecule has 0 saturated carbocycles. The van der Waals surface area contributed by atoms with Gasteiger partial charge in [0, 0.05) is 13.2 Å². The summed E-state index contributed by atoms with van der Waals surface area (Å²) in [4.78, 5) is 0. The normalized spacial score (nSPS) is 12.0. The summed E-state index contributed by atoms with van der Waals surface area (Å²) in [6, 6.07) is 0. The van der Waals surface area contributed by atoms with Crippen LogP contribution in [-0.4, -0.2) is 9.78 Å². The van der Waals surface area contributed by atoms with Crippen molar-refractivity contribution in [2.45, 2.75) is 33.6 Å². The molecule has 0 aliphatic heterocycles. The van der Waals surface area contributed by atoms with Crippen LogP contribution < -0.4 is 0 Å². The molecule has 0 N–H and O–H groups in total. The molecule has 0 atom stereocenters. The Hall–Kier alpha value is -0.790. The molecule has 0 spiro atoms. The van der Waals surface area contributed by atoms with E-state index in [-0.39, 0.29) is 0 Å². The lowest BCUT2D eigenvalue weighted by atomic mass is 9.84. The third-order valence-electron chi connectivity index (χ3n) is 2.40. The summed E-state index contributed by atoms with van der Waals surface area (Å²) < 4.78 is 1.86. The minimum Gasteiger partial charge on any atom is -0.276 e. The summed E-state index contributed by atoms with van der Waals surface area (Å²) in [7, 11) is 1.96. The molecule has 2 heteroatoms. The third-order valence-corrected chi connectivity index (χ3v) is 2.40. The van der Waals surface area contributed by atoms with Gasteiger partial charge in [0.25, 0.3) is 0 Å². The maximum absolute atomic E-state index is 4.15. The summed E-state index contributed by atoms with van der Waals surface area (Å²) in [5.74, 6) is 0. The van der Waals surface area contributed by atoms with Crippen molar-refractivity contribution in [2.24, 2.45) is 12.5 Å². The lowest BCUT2D eigenvalue weighted by molar-refractivity contribution is 0.349. The van der Waals surface area contributed by atoms with Crippen molar-refractivity contribution in [3.05, 3.63) is 18.0 Å². The Bertz CT molecular complexity index is 248. The number of nitrogens with zero attached hydrogens (tertiary/aromatic N) is 2. The molecule has 0 saturated heterocycles. The lowest BCUT2D eigenvalue weighted by Gasteiger charge is -2.21. The lowest BCUT2D eigenvalue weighted by Crippen LogP contribution is -2.12. The summed E-state index contributed by atoms with van der Waals surface area (Å²) >= 11 is 0. The zero-order valence-corrected chi connectivity index (χ0v) is 8.46. The first-order valence-corrected chi connectivity index (χ1v) is 4.51. The van der Waals surface area contributed by atoms with E-state index >= 15 is 0 Å². The van der Waals surface area contributed by atoms with E-state index in [2.05, 4.69) is 32.1 Å². The number of rotatable bonds is 3. The number of aryl methyl sites for hydroxylation is 1. The second-order valence-electron chi connectivity index (χ2n) is 4.22. The first kappa shape index (κ1) is 9.30. The summed E-state index contributed by atoms with van der Waals surface area (Å²) in [6.45, 7) is 6.82. The molecular weight excluding hydrogens is 148 g/mol. The van der Waals surface area contributed by atoms with Gasteiger partial charge in [0.2, 0.25) is 0 Å². The van der Waals surface area contributed by atoms with E-state index in [0.29, 0.717) is 5.41 Å². The highest BCUT2D eigenvalue weighted by Crippen LogP contribution is 2.24. The molecule has 0 aromatic carbocycles. The molecule has 0 aliphatic carbocycles. The second kappa shape index (κ2) is 3.30. The Balaban J connectivity index is 2.63. The Morgan fingerprint density at radius 3 is 2.58 bits per heavy atom. The van der Waals surface area contributed by atoms with Gasteiger partial charge in [0.15, 0.2) is 0 Å². The van der Waals surface area contributed by atoms with Crippen molar-refractivity contribution in [1.82, 2.24) is 9.78 Å². The molecule has 0 unspecified atom stereocenters. The van der Waals surface area contributed by atoms with Crippen molar-refractivity contribution in [3.8, 4) is 0 Å². The van der Waals surface area contributed by atoms with E-state index in [0.717, 1.165) is 6.42 Å². The van der Waals surface area contributed by atoms with Gasteiger partial charge >= 0.3 is 0 Å². The molecule has 1 heterocycles. The zero-order valence-electron chi connectivity index (χ0n) is 8.46. The molecule has 68 valence electrons. The molecule has 1 aromatic heterocycles. The number of hydrogen-bond donors (Lipinski definition) is 0. The van der Waals surface area contributed by atoms with Crippen molar-refractivity contribution in [2.75, 3.05) is 0 Å². The predicted octanol–water partition coefficient (Wildman–Crippen LogP) is 2.40. The standard InChI is InChI=1S/C10H18N2/c1-5-10(2,3)6-9-7-11-12(4)8-9/h7-8H,5-6H2,1-4H3. The Labute approximate surface area is 74.6 Å². The summed E-state index contributed by atoms with van der Waals surface area (Å²) in [5, 5.41) is 4.15. The first-order valence-electron chi connectivity index (χ1n) is 4.51. The Morgan fingerprint density at radius 2 is 2.17 bits per heavy atom. The first-order chi connectivity index (χ1) is 5.53. The SMILES string of the molecule is CCC(C)(C)Cc1cnn(C)c1. The quantitative estimate of drug-likeness (QED) is 0.674. The summed E-state index contributed by atoms with van der Waals surface area (Å²) in [6.07, 6.45) is 6.38. The van der Waals surface area contributed by atoms with E-state index in [1.165, 1.54) is 12.0 Å². The van der Waals surface area contributed by atoms with Crippen LogP contribution >= 0.6 is 0 Å². The van der Waals surface area contributed by atoms with E-state index in [1.807, 2.05) is 17.9 Å². The summed E-state index contributed by atoms with van der Waals surface area (Å²) in [5.41, 5.74) is 1.74. The Kier molecular flexibility index (Phi) is 2.55. The molecular formula is C10H18N2. The van der Waals surface area contributed by atoms with Crippen molar-refractivity contribution < 1.29 is 0 Å². The molecule has 0 amide bonds. The zero-order chi connectivity index (χ0) is 9.19. The van der Waals surface area contributed by atoms with Crippen LogP contribution in [0.3, 0.4) is 0 Å². The monoisotopic (exact) mass is 166 g/mol. The van der Waals surface area contributed by atoms with Crippen LogP contribution in [0, 0.1) is 5.41 Å². The van der Waals surface area contributed by atoms with E-state index < -0.39 is 0 Å².